The summed E-state index contributed by atoms with van der Waals surface area (Å²) >= 11 is 1.70. The lowest BCUT2D eigenvalue weighted by Gasteiger charge is -2.21. The van der Waals surface area contributed by atoms with Crippen LogP contribution in [-0.2, 0) is 6.54 Å². The first-order chi connectivity index (χ1) is 12.1. The third-order valence-electron chi connectivity index (χ3n) is 4.30. The number of nitrogens with zero attached hydrogens (tertiary/aromatic N) is 4. The number of rotatable bonds is 7. The van der Waals surface area contributed by atoms with E-state index in [0.717, 1.165) is 36.1 Å². The predicted molar refractivity (Wildman–Crippen MR) is 102 cm³/mol. The molecule has 3 heterocycles. The maximum atomic E-state index is 13.0. The molecule has 0 radical (unpaired) electrons. The topological polar surface area (TPSA) is 51.0 Å². The van der Waals surface area contributed by atoms with Crippen LogP contribution in [0.2, 0.25) is 0 Å². The number of amides is 1. The van der Waals surface area contributed by atoms with Crippen molar-refractivity contribution >= 4 is 28.3 Å². The summed E-state index contributed by atoms with van der Waals surface area (Å²) in [6.45, 7) is 8.28. The van der Waals surface area contributed by atoms with Crippen LogP contribution in [0.25, 0.3) is 11.0 Å². The molecule has 0 aromatic carbocycles. The molecule has 0 spiro atoms. The van der Waals surface area contributed by atoms with Crippen LogP contribution in [0.1, 0.15) is 47.6 Å². The molecule has 0 aliphatic heterocycles. The summed E-state index contributed by atoms with van der Waals surface area (Å²) in [6, 6.07) is 6.01. The molecule has 3 aromatic rings. The van der Waals surface area contributed by atoms with Gasteiger partial charge in [-0.1, -0.05) is 19.4 Å². The molecule has 5 nitrogen and oxygen atoms in total. The number of hydrogen-bond acceptors (Lipinski definition) is 4. The fourth-order valence-corrected chi connectivity index (χ4v) is 3.62. The third-order valence-corrected chi connectivity index (χ3v) is 5.17. The van der Waals surface area contributed by atoms with E-state index < -0.39 is 0 Å². The first-order valence-corrected chi connectivity index (χ1v) is 9.66. The summed E-state index contributed by atoms with van der Waals surface area (Å²) in [4.78, 5) is 20.8. The minimum Gasteiger partial charge on any atom is -0.339 e. The third kappa shape index (κ3) is 3.74. The highest BCUT2D eigenvalue weighted by Crippen LogP contribution is 2.22. The summed E-state index contributed by atoms with van der Waals surface area (Å²) in [5.41, 5.74) is 2.33. The van der Waals surface area contributed by atoms with Gasteiger partial charge in [0.25, 0.3) is 5.91 Å². The van der Waals surface area contributed by atoms with Crippen LogP contribution in [0.4, 0.5) is 0 Å². The lowest BCUT2D eigenvalue weighted by Crippen LogP contribution is -2.32. The van der Waals surface area contributed by atoms with Gasteiger partial charge in [-0.25, -0.2) is 9.67 Å². The minimum atomic E-state index is 0.0714. The molecule has 0 aliphatic carbocycles. The van der Waals surface area contributed by atoms with Crippen molar-refractivity contribution in [3.63, 3.8) is 0 Å². The van der Waals surface area contributed by atoms with Crippen molar-refractivity contribution in [2.24, 2.45) is 0 Å². The van der Waals surface area contributed by atoms with Gasteiger partial charge in [0.2, 0.25) is 0 Å². The van der Waals surface area contributed by atoms with Gasteiger partial charge in [-0.2, -0.15) is 5.10 Å². The van der Waals surface area contributed by atoms with E-state index in [1.807, 2.05) is 35.6 Å². The zero-order valence-corrected chi connectivity index (χ0v) is 15.8. The Hall–Kier alpha value is -2.21. The number of thiophene rings is 1. The monoisotopic (exact) mass is 356 g/mol. The van der Waals surface area contributed by atoms with E-state index in [2.05, 4.69) is 28.5 Å². The van der Waals surface area contributed by atoms with Crippen molar-refractivity contribution in [3.8, 4) is 0 Å². The Morgan fingerprint density at radius 2 is 2.20 bits per heavy atom. The highest BCUT2D eigenvalue weighted by Gasteiger charge is 2.20. The summed E-state index contributed by atoms with van der Waals surface area (Å²) in [6.07, 6.45) is 3.87. The SMILES string of the molecule is CCCCN(CC)C(=O)c1cc(C)nc2c1cnn2Cc1cccs1. The van der Waals surface area contributed by atoms with E-state index >= 15 is 0 Å². The number of carbonyl (C=O) groups excluding carboxylic acids is 1. The van der Waals surface area contributed by atoms with E-state index in [9.17, 15) is 4.79 Å². The molecule has 132 valence electrons. The second-order valence-electron chi connectivity index (χ2n) is 6.17. The number of aryl methyl sites for hydroxylation is 1. The normalized spacial score (nSPS) is 11.2. The Morgan fingerprint density at radius 1 is 1.36 bits per heavy atom. The average molecular weight is 356 g/mol. The number of aromatic nitrogens is 3. The van der Waals surface area contributed by atoms with Crippen molar-refractivity contribution in [3.05, 3.63) is 45.9 Å². The molecule has 25 heavy (non-hydrogen) atoms. The molecule has 0 saturated carbocycles. The number of unbranched alkanes of at least 4 members (excludes halogenated alkanes) is 1. The Labute approximate surface area is 152 Å². The second-order valence-corrected chi connectivity index (χ2v) is 7.20. The summed E-state index contributed by atoms with van der Waals surface area (Å²) in [5.74, 6) is 0.0714. The Bertz CT molecular complexity index is 854. The van der Waals surface area contributed by atoms with Gasteiger partial charge in [-0.05, 0) is 37.8 Å². The van der Waals surface area contributed by atoms with Crippen LogP contribution in [0.3, 0.4) is 0 Å². The van der Waals surface area contributed by atoms with Gasteiger partial charge < -0.3 is 4.90 Å². The molecule has 0 fully saturated rings. The van der Waals surface area contributed by atoms with E-state index in [1.54, 1.807) is 17.5 Å². The maximum absolute atomic E-state index is 13.0. The highest BCUT2D eigenvalue weighted by molar-refractivity contribution is 7.09. The zero-order chi connectivity index (χ0) is 17.8. The van der Waals surface area contributed by atoms with E-state index in [4.69, 9.17) is 0 Å². The molecule has 3 rings (SSSR count). The van der Waals surface area contributed by atoms with Gasteiger partial charge >= 0.3 is 0 Å². The van der Waals surface area contributed by atoms with E-state index in [1.165, 1.54) is 4.88 Å². The van der Waals surface area contributed by atoms with Gasteiger partial charge in [-0.15, -0.1) is 11.3 Å². The standard InChI is InChI=1S/C19H24N4OS/c1-4-6-9-22(5-2)19(24)16-11-14(3)21-18-17(16)12-20-23(18)13-15-8-7-10-25-15/h7-8,10-12H,4-6,9,13H2,1-3H3. The van der Waals surface area contributed by atoms with Crippen LogP contribution >= 0.6 is 11.3 Å². The van der Waals surface area contributed by atoms with Gasteiger partial charge in [-0.3, -0.25) is 4.79 Å². The quantitative estimate of drug-likeness (QED) is 0.640. The molecule has 0 N–H and O–H groups in total. The van der Waals surface area contributed by atoms with Crippen molar-refractivity contribution in [2.75, 3.05) is 13.1 Å². The molecule has 0 atom stereocenters. The lowest BCUT2D eigenvalue weighted by atomic mass is 10.1. The fourth-order valence-electron chi connectivity index (χ4n) is 2.94. The zero-order valence-electron chi connectivity index (χ0n) is 15.0. The fraction of sp³-hybridized carbons (Fsp3) is 0.421. The van der Waals surface area contributed by atoms with Crippen molar-refractivity contribution in [1.29, 1.82) is 0 Å². The molecule has 0 unspecified atom stereocenters. The predicted octanol–water partition coefficient (Wildman–Crippen LogP) is 4.11. The van der Waals surface area contributed by atoms with Gasteiger partial charge in [0, 0.05) is 23.7 Å². The van der Waals surface area contributed by atoms with Gasteiger partial charge in [0.15, 0.2) is 5.65 Å². The first kappa shape index (κ1) is 17.6. The van der Waals surface area contributed by atoms with Crippen molar-refractivity contribution in [1.82, 2.24) is 19.7 Å². The first-order valence-electron chi connectivity index (χ1n) is 8.78. The maximum Gasteiger partial charge on any atom is 0.254 e. The van der Waals surface area contributed by atoms with Gasteiger partial charge in [0.05, 0.1) is 23.7 Å². The van der Waals surface area contributed by atoms with Crippen LogP contribution < -0.4 is 0 Å². The average Bonchev–Trinajstić information content (AvgIpc) is 3.25. The van der Waals surface area contributed by atoms with Crippen LogP contribution in [0.15, 0.2) is 29.8 Å². The Kier molecular flexibility index (Phi) is 5.48. The Morgan fingerprint density at radius 3 is 2.88 bits per heavy atom. The number of carbonyl (C=O) groups is 1. The number of hydrogen-bond donors (Lipinski definition) is 0. The van der Waals surface area contributed by atoms with Crippen molar-refractivity contribution < 1.29 is 4.79 Å². The smallest absolute Gasteiger partial charge is 0.254 e. The molecule has 6 heteroatoms. The minimum absolute atomic E-state index is 0.0714. The summed E-state index contributed by atoms with van der Waals surface area (Å²) in [5, 5.41) is 7.38. The summed E-state index contributed by atoms with van der Waals surface area (Å²) in [7, 11) is 0. The molecule has 0 aliphatic rings. The summed E-state index contributed by atoms with van der Waals surface area (Å²) < 4.78 is 1.88. The largest absolute Gasteiger partial charge is 0.339 e. The molecule has 0 bridgehead atoms. The van der Waals surface area contributed by atoms with Crippen LogP contribution in [-0.4, -0.2) is 38.7 Å². The molecule has 0 saturated heterocycles. The number of fused-ring (bicyclic) bond motifs is 1. The molecular weight excluding hydrogens is 332 g/mol. The van der Waals surface area contributed by atoms with E-state index in [0.29, 0.717) is 18.7 Å². The molecule has 1 amide bonds. The van der Waals surface area contributed by atoms with Gasteiger partial charge in [0.1, 0.15) is 0 Å². The van der Waals surface area contributed by atoms with E-state index in [-0.39, 0.29) is 5.91 Å². The lowest BCUT2D eigenvalue weighted by molar-refractivity contribution is 0.0764. The number of pyridine rings is 1. The van der Waals surface area contributed by atoms with Crippen molar-refractivity contribution in [2.45, 2.75) is 40.2 Å². The van der Waals surface area contributed by atoms with Crippen LogP contribution in [0, 0.1) is 6.92 Å². The molecule has 3 aromatic heterocycles. The van der Waals surface area contributed by atoms with Crippen LogP contribution in [0.5, 0.6) is 0 Å². The molecular formula is C19H24N4OS. The Balaban J connectivity index is 1.98. The highest BCUT2D eigenvalue weighted by atomic mass is 32.1. The second kappa shape index (κ2) is 7.78.